The lowest BCUT2D eigenvalue weighted by Crippen LogP contribution is -2.36. The van der Waals surface area contributed by atoms with E-state index in [0.29, 0.717) is 5.92 Å². The summed E-state index contributed by atoms with van der Waals surface area (Å²) in [5.41, 5.74) is 4.10. The fourth-order valence-corrected chi connectivity index (χ4v) is 2.12. The Morgan fingerprint density at radius 2 is 1.78 bits per heavy atom. The number of nitrogens with zero attached hydrogens (tertiary/aromatic N) is 1. The van der Waals surface area contributed by atoms with Crippen LogP contribution in [0.1, 0.15) is 43.0 Å². The molecule has 2 aromatic rings. The van der Waals surface area contributed by atoms with Crippen LogP contribution in [0.2, 0.25) is 0 Å². The molecular formula is C17H22N+. The van der Waals surface area contributed by atoms with Crippen LogP contribution in [0.5, 0.6) is 0 Å². The van der Waals surface area contributed by atoms with Gasteiger partial charge in [-0.25, -0.2) is 0 Å². The lowest BCUT2D eigenvalue weighted by atomic mass is 9.98. The number of aryl methyl sites for hydroxylation is 1. The summed E-state index contributed by atoms with van der Waals surface area (Å²) in [5.74, 6) is 0.658. The molecule has 1 aromatic carbocycles. The predicted octanol–water partition coefficient (Wildman–Crippen LogP) is 3.84. The fourth-order valence-electron chi connectivity index (χ4n) is 2.12. The van der Waals surface area contributed by atoms with Crippen molar-refractivity contribution < 1.29 is 4.57 Å². The van der Waals surface area contributed by atoms with Crippen LogP contribution in [0, 0.1) is 6.92 Å². The van der Waals surface area contributed by atoms with Crippen molar-refractivity contribution >= 4 is 0 Å². The third-order valence-electron chi connectivity index (χ3n) is 3.68. The van der Waals surface area contributed by atoms with Crippen LogP contribution in [0.15, 0.2) is 48.7 Å². The molecule has 0 spiro atoms. The van der Waals surface area contributed by atoms with Crippen LogP contribution in [0.4, 0.5) is 0 Å². The summed E-state index contributed by atoms with van der Waals surface area (Å²) >= 11 is 0. The van der Waals surface area contributed by atoms with Crippen LogP contribution >= 0.6 is 0 Å². The van der Waals surface area contributed by atoms with Crippen LogP contribution in [-0.2, 0) is 6.54 Å². The largest absolute Gasteiger partial charge is 0.198 e. The molecular weight excluding hydrogens is 218 g/mol. The molecule has 1 heteroatoms. The van der Waals surface area contributed by atoms with Crippen molar-refractivity contribution in [3.8, 4) is 0 Å². The minimum absolute atomic E-state index is 0.658. The monoisotopic (exact) mass is 240 g/mol. The fraction of sp³-hybridized carbons (Fsp3) is 0.353. The highest BCUT2D eigenvalue weighted by Crippen LogP contribution is 2.18. The predicted molar refractivity (Wildman–Crippen MR) is 75.6 cm³/mol. The van der Waals surface area contributed by atoms with E-state index in [2.05, 4.69) is 74.0 Å². The molecule has 18 heavy (non-hydrogen) atoms. The molecule has 1 nitrogen and oxygen atoms in total. The summed E-state index contributed by atoms with van der Waals surface area (Å²) in [6.07, 6.45) is 3.34. The molecule has 0 aliphatic rings. The Bertz CT molecular complexity index is 499. The zero-order chi connectivity index (χ0) is 13.0. The zero-order valence-corrected chi connectivity index (χ0v) is 11.6. The first kappa shape index (κ1) is 12.8. The van der Waals surface area contributed by atoms with E-state index in [0.717, 1.165) is 6.54 Å². The maximum atomic E-state index is 2.28. The van der Waals surface area contributed by atoms with Gasteiger partial charge in [0.25, 0.3) is 0 Å². The van der Waals surface area contributed by atoms with Crippen LogP contribution in [0.25, 0.3) is 0 Å². The molecule has 94 valence electrons. The minimum atomic E-state index is 0.658. The quantitative estimate of drug-likeness (QED) is 0.715. The molecule has 0 saturated heterocycles. The lowest BCUT2D eigenvalue weighted by molar-refractivity contribution is -0.694. The van der Waals surface area contributed by atoms with Crippen molar-refractivity contribution in [1.82, 2.24) is 0 Å². The standard InChI is InChI=1S/C17H22N/c1-4-14(2)17-10-8-16(9-11-17)13-18-12-6-5-7-15(18)3/h5-12,14H,4,13H2,1-3H3/q+1. The highest BCUT2D eigenvalue weighted by atomic mass is 14.9. The third kappa shape index (κ3) is 2.98. The van der Waals surface area contributed by atoms with E-state index < -0.39 is 0 Å². The number of hydrogen-bond acceptors (Lipinski definition) is 0. The number of benzene rings is 1. The van der Waals surface area contributed by atoms with Gasteiger partial charge in [-0.05, 0) is 17.9 Å². The molecule has 1 unspecified atom stereocenters. The second kappa shape index (κ2) is 5.81. The topological polar surface area (TPSA) is 3.88 Å². The average molecular weight is 240 g/mol. The minimum Gasteiger partial charge on any atom is -0.198 e. The summed E-state index contributed by atoms with van der Waals surface area (Å²) in [4.78, 5) is 0. The number of rotatable bonds is 4. The number of hydrogen-bond donors (Lipinski definition) is 0. The normalized spacial score (nSPS) is 12.4. The Kier molecular flexibility index (Phi) is 4.14. The van der Waals surface area contributed by atoms with Crippen molar-refractivity contribution in [1.29, 1.82) is 0 Å². The summed E-state index contributed by atoms with van der Waals surface area (Å²) < 4.78 is 2.28. The SMILES string of the molecule is CCC(C)c1ccc(C[n+]2ccccc2C)cc1. The van der Waals surface area contributed by atoms with Gasteiger partial charge < -0.3 is 0 Å². The molecule has 1 aromatic heterocycles. The van der Waals surface area contributed by atoms with Gasteiger partial charge in [-0.3, -0.25) is 0 Å². The maximum absolute atomic E-state index is 2.28. The molecule has 0 fully saturated rings. The van der Waals surface area contributed by atoms with E-state index in [1.54, 1.807) is 0 Å². The van der Waals surface area contributed by atoms with Crippen molar-refractivity contribution in [2.24, 2.45) is 0 Å². The van der Waals surface area contributed by atoms with Gasteiger partial charge in [-0.1, -0.05) is 44.2 Å². The van der Waals surface area contributed by atoms with Gasteiger partial charge in [0, 0.05) is 24.6 Å². The Labute approximate surface area is 110 Å². The van der Waals surface area contributed by atoms with Crippen LogP contribution in [0.3, 0.4) is 0 Å². The van der Waals surface area contributed by atoms with E-state index in [1.165, 1.54) is 23.2 Å². The van der Waals surface area contributed by atoms with Crippen LogP contribution in [-0.4, -0.2) is 0 Å². The average Bonchev–Trinajstić information content (AvgIpc) is 2.41. The Morgan fingerprint density at radius 1 is 1.06 bits per heavy atom. The van der Waals surface area contributed by atoms with Gasteiger partial charge in [0.2, 0.25) is 0 Å². The Morgan fingerprint density at radius 3 is 2.39 bits per heavy atom. The van der Waals surface area contributed by atoms with Gasteiger partial charge in [0.1, 0.15) is 0 Å². The van der Waals surface area contributed by atoms with Gasteiger partial charge in [0.05, 0.1) is 0 Å². The van der Waals surface area contributed by atoms with Gasteiger partial charge in [-0.2, -0.15) is 4.57 Å². The molecule has 0 bridgehead atoms. The Hall–Kier alpha value is -1.63. The summed E-state index contributed by atoms with van der Waals surface area (Å²) in [6.45, 7) is 7.62. The summed E-state index contributed by atoms with van der Waals surface area (Å²) in [6, 6.07) is 15.3. The molecule has 1 atom stereocenters. The van der Waals surface area contributed by atoms with Gasteiger partial charge >= 0.3 is 0 Å². The Balaban J connectivity index is 2.14. The summed E-state index contributed by atoms with van der Waals surface area (Å²) in [7, 11) is 0. The van der Waals surface area contributed by atoms with E-state index in [-0.39, 0.29) is 0 Å². The lowest BCUT2D eigenvalue weighted by Gasteiger charge is -2.09. The van der Waals surface area contributed by atoms with Gasteiger partial charge in [0.15, 0.2) is 18.4 Å². The molecule has 0 radical (unpaired) electrons. The summed E-state index contributed by atoms with van der Waals surface area (Å²) in [5, 5.41) is 0. The zero-order valence-electron chi connectivity index (χ0n) is 11.6. The first-order valence-electron chi connectivity index (χ1n) is 6.74. The van der Waals surface area contributed by atoms with E-state index in [1.807, 2.05) is 0 Å². The van der Waals surface area contributed by atoms with E-state index in [4.69, 9.17) is 0 Å². The van der Waals surface area contributed by atoms with Crippen LogP contribution < -0.4 is 4.57 Å². The molecule has 1 heterocycles. The first-order valence-corrected chi connectivity index (χ1v) is 6.74. The molecule has 2 rings (SSSR count). The highest BCUT2D eigenvalue weighted by molar-refractivity contribution is 5.24. The molecule has 0 saturated carbocycles. The third-order valence-corrected chi connectivity index (χ3v) is 3.68. The number of aromatic nitrogens is 1. The highest BCUT2D eigenvalue weighted by Gasteiger charge is 2.07. The van der Waals surface area contributed by atoms with Crippen molar-refractivity contribution in [3.05, 3.63) is 65.5 Å². The van der Waals surface area contributed by atoms with Crippen molar-refractivity contribution in [2.45, 2.75) is 39.7 Å². The van der Waals surface area contributed by atoms with Crippen molar-refractivity contribution in [2.75, 3.05) is 0 Å². The smallest absolute Gasteiger partial charge is 0.178 e. The number of pyridine rings is 1. The second-order valence-electron chi connectivity index (χ2n) is 5.02. The molecule has 0 aliphatic heterocycles. The second-order valence-corrected chi connectivity index (χ2v) is 5.02. The maximum Gasteiger partial charge on any atom is 0.178 e. The van der Waals surface area contributed by atoms with E-state index >= 15 is 0 Å². The molecule has 0 aliphatic carbocycles. The van der Waals surface area contributed by atoms with Crippen molar-refractivity contribution in [3.63, 3.8) is 0 Å². The molecule has 0 amide bonds. The molecule has 0 N–H and O–H groups in total. The van der Waals surface area contributed by atoms with Gasteiger partial charge in [-0.15, -0.1) is 0 Å². The first-order chi connectivity index (χ1) is 8.70. The van der Waals surface area contributed by atoms with E-state index in [9.17, 15) is 0 Å².